The third-order valence-electron chi connectivity index (χ3n) is 2.30. The van der Waals surface area contributed by atoms with Gasteiger partial charge in [-0.05, 0) is 25.0 Å². The summed E-state index contributed by atoms with van der Waals surface area (Å²) in [7, 11) is 0. The van der Waals surface area contributed by atoms with Crippen LogP contribution in [0.25, 0.3) is 0 Å². The average Bonchev–Trinajstić information content (AvgIpc) is 2.32. The zero-order valence-electron chi connectivity index (χ0n) is 9.52. The monoisotopic (exact) mass is 248 g/mol. The van der Waals surface area contributed by atoms with E-state index < -0.39 is 0 Å². The predicted molar refractivity (Wildman–Crippen MR) is 68.2 cm³/mol. The number of halogens is 1. The summed E-state index contributed by atoms with van der Waals surface area (Å²) in [6.45, 7) is 2.75. The van der Waals surface area contributed by atoms with Crippen LogP contribution in [0.3, 0.4) is 0 Å². The molecule has 0 aromatic carbocycles. The van der Waals surface area contributed by atoms with Gasteiger partial charge in [-0.15, -0.1) is 0 Å². The molecule has 5 heteroatoms. The molecular weight excluding hydrogens is 236 g/mol. The maximum Gasteiger partial charge on any atom is 0.149 e. The first-order valence-corrected chi connectivity index (χ1v) is 5.75. The van der Waals surface area contributed by atoms with Gasteiger partial charge in [-0.3, -0.25) is 9.97 Å². The average molecular weight is 249 g/mol. The predicted octanol–water partition coefficient (Wildman–Crippen LogP) is 2.49. The number of anilines is 1. The molecule has 0 amide bonds. The number of rotatable bonds is 4. The second kappa shape index (κ2) is 5.59. The van der Waals surface area contributed by atoms with Gasteiger partial charge >= 0.3 is 0 Å². The number of nitrogens with zero attached hydrogens (tertiary/aromatic N) is 3. The Morgan fingerprint density at radius 2 is 2.12 bits per heavy atom. The molecule has 0 radical (unpaired) electrons. The van der Waals surface area contributed by atoms with Crippen molar-refractivity contribution in [3.63, 3.8) is 0 Å². The van der Waals surface area contributed by atoms with Crippen LogP contribution in [0.15, 0.2) is 30.7 Å². The summed E-state index contributed by atoms with van der Waals surface area (Å²) >= 11 is 5.73. The van der Waals surface area contributed by atoms with Gasteiger partial charge in [0, 0.05) is 18.4 Å². The van der Waals surface area contributed by atoms with Crippen LogP contribution in [0, 0.1) is 6.92 Å². The zero-order chi connectivity index (χ0) is 12.1. The van der Waals surface area contributed by atoms with E-state index in [1.807, 2.05) is 19.2 Å². The highest BCUT2D eigenvalue weighted by Crippen LogP contribution is 2.07. The van der Waals surface area contributed by atoms with E-state index in [0.29, 0.717) is 11.0 Å². The Kier molecular flexibility index (Phi) is 3.88. The maximum absolute atomic E-state index is 5.73. The molecule has 17 heavy (non-hydrogen) atoms. The van der Waals surface area contributed by atoms with Crippen molar-refractivity contribution in [2.75, 3.05) is 11.9 Å². The van der Waals surface area contributed by atoms with Crippen molar-refractivity contribution in [3.8, 4) is 0 Å². The molecule has 2 rings (SSSR count). The highest BCUT2D eigenvalue weighted by Gasteiger charge is 1.97. The SMILES string of the molecule is Cc1ccc(CCNc2cncc(Cl)n2)cn1. The summed E-state index contributed by atoms with van der Waals surface area (Å²) in [4.78, 5) is 12.3. The molecule has 0 unspecified atom stereocenters. The van der Waals surface area contributed by atoms with Crippen LogP contribution in [0.5, 0.6) is 0 Å². The summed E-state index contributed by atoms with van der Waals surface area (Å²) in [5, 5.41) is 3.56. The fourth-order valence-electron chi connectivity index (χ4n) is 1.41. The maximum atomic E-state index is 5.73. The molecule has 2 aromatic rings. The molecule has 0 aliphatic heterocycles. The second-order valence-electron chi connectivity index (χ2n) is 3.71. The molecule has 4 nitrogen and oxygen atoms in total. The molecule has 0 atom stereocenters. The molecule has 2 aromatic heterocycles. The summed E-state index contributed by atoms with van der Waals surface area (Å²) in [6, 6.07) is 4.09. The van der Waals surface area contributed by atoms with E-state index in [1.165, 1.54) is 11.8 Å². The van der Waals surface area contributed by atoms with Gasteiger partial charge in [0.15, 0.2) is 0 Å². The lowest BCUT2D eigenvalue weighted by Gasteiger charge is -2.05. The number of aromatic nitrogens is 3. The van der Waals surface area contributed by atoms with E-state index >= 15 is 0 Å². The van der Waals surface area contributed by atoms with E-state index in [1.54, 1.807) is 6.20 Å². The lowest BCUT2D eigenvalue weighted by molar-refractivity contribution is 0.982. The minimum absolute atomic E-state index is 0.395. The number of hydrogen-bond donors (Lipinski definition) is 1. The first-order chi connectivity index (χ1) is 8.24. The number of aryl methyl sites for hydroxylation is 1. The van der Waals surface area contributed by atoms with Crippen molar-refractivity contribution in [2.24, 2.45) is 0 Å². The number of pyridine rings is 1. The molecule has 0 fully saturated rings. The van der Waals surface area contributed by atoms with Crippen molar-refractivity contribution < 1.29 is 0 Å². The van der Waals surface area contributed by atoms with E-state index in [2.05, 4.69) is 26.3 Å². The molecule has 0 spiro atoms. The van der Waals surface area contributed by atoms with Crippen LogP contribution in [-0.4, -0.2) is 21.5 Å². The molecule has 2 heterocycles. The van der Waals surface area contributed by atoms with Gasteiger partial charge in [-0.25, -0.2) is 4.98 Å². The van der Waals surface area contributed by atoms with Crippen LogP contribution in [0.4, 0.5) is 5.82 Å². The molecule has 0 aliphatic carbocycles. The second-order valence-corrected chi connectivity index (χ2v) is 4.10. The highest BCUT2D eigenvalue weighted by molar-refractivity contribution is 6.29. The molecular formula is C12H13ClN4. The first kappa shape index (κ1) is 11.8. The normalized spacial score (nSPS) is 10.2. The molecule has 0 bridgehead atoms. The Morgan fingerprint density at radius 3 is 2.82 bits per heavy atom. The standard InChI is InChI=1S/C12H13ClN4/c1-9-2-3-10(6-16-9)4-5-15-12-8-14-7-11(13)17-12/h2-3,6-8H,4-5H2,1H3,(H,15,17). The van der Waals surface area contributed by atoms with Gasteiger partial charge < -0.3 is 5.32 Å². The van der Waals surface area contributed by atoms with Crippen molar-refractivity contribution in [2.45, 2.75) is 13.3 Å². The summed E-state index contributed by atoms with van der Waals surface area (Å²) in [5.74, 6) is 0.692. The Morgan fingerprint density at radius 1 is 1.24 bits per heavy atom. The third-order valence-corrected chi connectivity index (χ3v) is 2.48. The third kappa shape index (κ3) is 3.67. The Labute approximate surface area is 105 Å². The number of hydrogen-bond acceptors (Lipinski definition) is 4. The zero-order valence-corrected chi connectivity index (χ0v) is 10.3. The van der Waals surface area contributed by atoms with Crippen LogP contribution < -0.4 is 5.32 Å². The Balaban J connectivity index is 1.85. The van der Waals surface area contributed by atoms with E-state index in [9.17, 15) is 0 Å². The quantitative estimate of drug-likeness (QED) is 0.903. The Bertz CT molecular complexity index is 484. The van der Waals surface area contributed by atoms with Gasteiger partial charge in [0.2, 0.25) is 0 Å². The van der Waals surface area contributed by atoms with Crippen LogP contribution in [-0.2, 0) is 6.42 Å². The molecule has 0 saturated carbocycles. The smallest absolute Gasteiger partial charge is 0.149 e. The van der Waals surface area contributed by atoms with Crippen LogP contribution >= 0.6 is 11.6 Å². The van der Waals surface area contributed by atoms with Gasteiger partial charge in [-0.1, -0.05) is 17.7 Å². The molecule has 0 saturated heterocycles. The van der Waals surface area contributed by atoms with E-state index in [-0.39, 0.29) is 0 Å². The summed E-state index contributed by atoms with van der Waals surface area (Å²) in [6.07, 6.45) is 5.94. The highest BCUT2D eigenvalue weighted by atomic mass is 35.5. The lowest BCUT2D eigenvalue weighted by Crippen LogP contribution is -2.06. The van der Waals surface area contributed by atoms with Gasteiger partial charge in [0.05, 0.1) is 12.4 Å². The minimum Gasteiger partial charge on any atom is -0.368 e. The van der Waals surface area contributed by atoms with Crippen molar-refractivity contribution >= 4 is 17.4 Å². The Hall–Kier alpha value is -1.68. The fourth-order valence-corrected chi connectivity index (χ4v) is 1.56. The first-order valence-electron chi connectivity index (χ1n) is 5.37. The van der Waals surface area contributed by atoms with E-state index in [0.717, 1.165) is 18.7 Å². The number of nitrogens with one attached hydrogen (secondary N) is 1. The molecule has 0 aliphatic rings. The van der Waals surface area contributed by atoms with Crippen molar-refractivity contribution in [1.82, 2.24) is 15.0 Å². The van der Waals surface area contributed by atoms with Gasteiger partial charge in [0.1, 0.15) is 11.0 Å². The van der Waals surface area contributed by atoms with Crippen LogP contribution in [0.2, 0.25) is 5.15 Å². The summed E-state index contributed by atoms with van der Waals surface area (Å²) < 4.78 is 0. The van der Waals surface area contributed by atoms with Crippen molar-refractivity contribution in [1.29, 1.82) is 0 Å². The van der Waals surface area contributed by atoms with E-state index in [4.69, 9.17) is 11.6 Å². The summed E-state index contributed by atoms with van der Waals surface area (Å²) in [5.41, 5.74) is 2.22. The fraction of sp³-hybridized carbons (Fsp3) is 0.250. The lowest BCUT2D eigenvalue weighted by atomic mass is 10.2. The van der Waals surface area contributed by atoms with Crippen molar-refractivity contribution in [3.05, 3.63) is 47.1 Å². The van der Waals surface area contributed by atoms with Gasteiger partial charge in [-0.2, -0.15) is 0 Å². The largest absolute Gasteiger partial charge is 0.368 e. The van der Waals surface area contributed by atoms with Crippen LogP contribution in [0.1, 0.15) is 11.3 Å². The van der Waals surface area contributed by atoms with Gasteiger partial charge in [0.25, 0.3) is 0 Å². The molecule has 1 N–H and O–H groups in total. The molecule has 88 valence electrons. The topological polar surface area (TPSA) is 50.7 Å². The minimum atomic E-state index is 0.395.